The number of rotatable bonds is 2. The second-order valence-corrected chi connectivity index (χ2v) is 4.50. The molecule has 0 bridgehead atoms. The van der Waals surface area contributed by atoms with Gasteiger partial charge in [-0.05, 0) is 17.7 Å². The van der Waals surface area contributed by atoms with E-state index in [1.807, 2.05) is 36.4 Å². The fraction of sp³-hybridized carbons (Fsp3) is 0.143. The second-order valence-electron chi connectivity index (χ2n) is 4.50. The number of nitrogen functional groups attached to an aromatic ring is 1. The van der Waals surface area contributed by atoms with Gasteiger partial charge < -0.3 is 5.73 Å². The summed E-state index contributed by atoms with van der Waals surface area (Å²) in [6.07, 6.45) is 0. The molecule has 0 fully saturated rings. The molecule has 2 aromatic rings. The first-order valence-electron chi connectivity index (χ1n) is 5.96. The summed E-state index contributed by atoms with van der Waals surface area (Å²) in [5, 5.41) is 3.77. The normalized spacial score (nSPS) is 14.8. The van der Waals surface area contributed by atoms with Gasteiger partial charge in [0.25, 0.3) is 0 Å². The monoisotopic (exact) mass is 240 g/mol. The van der Waals surface area contributed by atoms with Gasteiger partial charge in [-0.3, -0.25) is 0 Å². The summed E-state index contributed by atoms with van der Waals surface area (Å²) in [4.78, 5) is 0. The number of nitrogens with two attached hydrogens (primary N) is 2. The first-order valence-corrected chi connectivity index (χ1v) is 5.96. The van der Waals surface area contributed by atoms with Crippen molar-refractivity contribution < 1.29 is 0 Å². The molecule has 0 amide bonds. The Morgan fingerprint density at radius 1 is 1.00 bits per heavy atom. The maximum absolute atomic E-state index is 6.11. The molecule has 1 heterocycles. The van der Waals surface area contributed by atoms with E-state index >= 15 is 0 Å². The van der Waals surface area contributed by atoms with Crippen molar-refractivity contribution in [3.8, 4) is 0 Å². The molecule has 4 N–H and O–H groups in total. The van der Waals surface area contributed by atoms with Gasteiger partial charge in [-0.25, -0.2) is 11.0 Å². The highest BCUT2D eigenvalue weighted by Crippen LogP contribution is 2.33. The molecular formula is C14H16N4. The fourth-order valence-corrected chi connectivity index (χ4v) is 2.32. The first kappa shape index (κ1) is 11.1. The minimum atomic E-state index is 0.757. The van der Waals surface area contributed by atoms with Crippen LogP contribution in [0.3, 0.4) is 0 Å². The predicted octanol–water partition coefficient (Wildman–Crippen LogP) is 1.88. The summed E-state index contributed by atoms with van der Waals surface area (Å²) >= 11 is 0. The summed E-state index contributed by atoms with van der Waals surface area (Å²) in [5.41, 5.74) is 10.1. The smallest absolute Gasteiger partial charge is 0.0768 e. The number of hydrogen-bond acceptors (Lipinski definition) is 4. The maximum Gasteiger partial charge on any atom is 0.0768 e. The van der Waals surface area contributed by atoms with Crippen LogP contribution in [0, 0.1) is 0 Å². The minimum Gasteiger partial charge on any atom is -0.398 e. The Morgan fingerprint density at radius 3 is 2.50 bits per heavy atom. The van der Waals surface area contributed by atoms with E-state index in [1.54, 1.807) is 5.12 Å². The van der Waals surface area contributed by atoms with Crippen molar-refractivity contribution in [3.05, 3.63) is 59.7 Å². The van der Waals surface area contributed by atoms with E-state index < -0.39 is 0 Å². The Balaban J connectivity index is 1.84. The molecule has 0 unspecified atom stereocenters. The van der Waals surface area contributed by atoms with E-state index in [-0.39, 0.29) is 0 Å². The Labute approximate surface area is 106 Å². The SMILES string of the molecule is Nc1cccc2c1CN(Cc1ccccc1)N2N. The molecule has 0 radical (unpaired) electrons. The van der Waals surface area contributed by atoms with Crippen LogP contribution < -0.4 is 16.7 Å². The zero-order valence-electron chi connectivity index (χ0n) is 10.1. The van der Waals surface area contributed by atoms with Gasteiger partial charge in [0.15, 0.2) is 0 Å². The van der Waals surface area contributed by atoms with Crippen LogP contribution >= 0.6 is 0 Å². The molecule has 18 heavy (non-hydrogen) atoms. The largest absolute Gasteiger partial charge is 0.398 e. The standard InChI is InChI=1S/C14H16N4/c15-13-7-4-8-14-12(13)10-17(18(14)16)9-11-5-2-1-3-6-11/h1-8H,9-10,15-16H2. The highest BCUT2D eigenvalue weighted by Gasteiger charge is 2.26. The van der Waals surface area contributed by atoms with Gasteiger partial charge >= 0.3 is 0 Å². The van der Waals surface area contributed by atoms with Gasteiger partial charge in [-0.15, -0.1) is 0 Å². The molecule has 0 spiro atoms. The number of anilines is 2. The average Bonchev–Trinajstić information content (AvgIpc) is 2.70. The third-order valence-corrected chi connectivity index (χ3v) is 3.29. The number of nitrogens with zero attached hydrogens (tertiary/aromatic N) is 2. The van der Waals surface area contributed by atoms with Crippen molar-refractivity contribution >= 4 is 11.4 Å². The highest BCUT2D eigenvalue weighted by molar-refractivity contribution is 5.66. The lowest BCUT2D eigenvalue weighted by atomic mass is 10.1. The molecule has 2 aromatic carbocycles. The van der Waals surface area contributed by atoms with E-state index in [4.69, 9.17) is 11.6 Å². The highest BCUT2D eigenvalue weighted by atomic mass is 15.8. The number of fused-ring (bicyclic) bond motifs is 1. The Morgan fingerprint density at radius 2 is 1.78 bits per heavy atom. The Kier molecular flexibility index (Phi) is 2.66. The molecule has 1 aliphatic rings. The van der Waals surface area contributed by atoms with Gasteiger partial charge in [0.05, 0.1) is 5.69 Å². The summed E-state index contributed by atoms with van der Waals surface area (Å²) in [6.45, 7) is 1.54. The van der Waals surface area contributed by atoms with Gasteiger partial charge in [-0.2, -0.15) is 5.01 Å². The predicted molar refractivity (Wildman–Crippen MR) is 73.2 cm³/mol. The van der Waals surface area contributed by atoms with E-state index in [2.05, 4.69) is 17.1 Å². The number of benzene rings is 2. The molecule has 3 rings (SSSR count). The minimum absolute atomic E-state index is 0.757. The Hall–Kier alpha value is -2.04. The van der Waals surface area contributed by atoms with Gasteiger partial charge in [0.1, 0.15) is 0 Å². The molecule has 0 aliphatic carbocycles. The molecule has 4 heteroatoms. The summed E-state index contributed by atoms with van der Waals surface area (Å²) < 4.78 is 0. The van der Waals surface area contributed by atoms with E-state index in [0.29, 0.717) is 0 Å². The van der Waals surface area contributed by atoms with Crippen LogP contribution in [0.4, 0.5) is 11.4 Å². The topological polar surface area (TPSA) is 58.5 Å². The van der Waals surface area contributed by atoms with Crippen LogP contribution in [0.1, 0.15) is 11.1 Å². The maximum atomic E-state index is 6.11. The van der Waals surface area contributed by atoms with Crippen molar-refractivity contribution in [1.29, 1.82) is 0 Å². The molecule has 0 saturated carbocycles. The molecule has 0 atom stereocenters. The van der Waals surface area contributed by atoms with Crippen molar-refractivity contribution in [2.75, 3.05) is 10.9 Å². The number of hydrazine groups is 2. The molecule has 4 nitrogen and oxygen atoms in total. The second kappa shape index (κ2) is 4.33. The van der Waals surface area contributed by atoms with Crippen molar-refractivity contribution in [1.82, 2.24) is 5.01 Å². The third-order valence-electron chi connectivity index (χ3n) is 3.29. The zero-order valence-corrected chi connectivity index (χ0v) is 10.1. The molecule has 1 aliphatic heterocycles. The van der Waals surface area contributed by atoms with Crippen molar-refractivity contribution in [3.63, 3.8) is 0 Å². The lowest BCUT2D eigenvalue weighted by Crippen LogP contribution is -2.42. The third kappa shape index (κ3) is 1.81. The molecule has 0 aromatic heterocycles. The summed E-state index contributed by atoms with van der Waals surface area (Å²) in [6, 6.07) is 16.1. The first-order chi connectivity index (χ1) is 8.75. The van der Waals surface area contributed by atoms with Gasteiger partial charge in [0.2, 0.25) is 0 Å². The summed E-state index contributed by atoms with van der Waals surface area (Å²) in [7, 11) is 0. The van der Waals surface area contributed by atoms with Gasteiger partial charge in [0, 0.05) is 24.3 Å². The van der Waals surface area contributed by atoms with E-state index in [9.17, 15) is 0 Å². The fourth-order valence-electron chi connectivity index (χ4n) is 2.32. The zero-order chi connectivity index (χ0) is 12.5. The van der Waals surface area contributed by atoms with E-state index in [1.165, 1.54) is 5.56 Å². The average molecular weight is 240 g/mol. The lowest BCUT2D eigenvalue weighted by Gasteiger charge is -2.25. The molecule has 0 saturated heterocycles. The van der Waals surface area contributed by atoms with Crippen LogP contribution in [0.15, 0.2) is 48.5 Å². The van der Waals surface area contributed by atoms with Crippen LogP contribution in [0.2, 0.25) is 0 Å². The number of hydrogen-bond donors (Lipinski definition) is 2. The quantitative estimate of drug-likeness (QED) is 0.621. The van der Waals surface area contributed by atoms with Gasteiger partial charge in [-0.1, -0.05) is 36.4 Å². The van der Waals surface area contributed by atoms with Crippen molar-refractivity contribution in [2.45, 2.75) is 13.1 Å². The van der Waals surface area contributed by atoms with Crippen LogP contribution in [-0.2, 0) is 13.1 Å². The molecule has 92 valence electrons. The summed E-state index contributed by atoms with van der Waals surface area (Å²) in [5.74, 6) is 6.11. The Bertz CT molecular complexity index is 553. The van der Waals surface area contributed by atoms with Crippen LogP contribution in [0.25, 0.3) is 0 Å². The van der Waals surface area contributed by atoms with Crippen LogP contribution in [-0.4, -0.2) is 5.01 Å². The van der Waals surface area contributed by atoms with Crippen LogP contribution in [0.5, 0.6) is 0 Å². The van der Waals surface area contributed by atoms with Crippen molar-refractivity contribution in [2.24, 2.45) is 5.84 Å². The molecular weight excluding hydrogens is 224 g/mol. The van der Waals surface area contributed by atoms with E-state index in [0.717, 1.165) is 30.0 Å². The lowest BCUT2D eigenvalue weighted by molar-refractivity contribution is 0.256.